The zero-order chi connectivity index (χ0) is 24.1. The van der Waals surface area contributed by atoms with Crippen LogP contribution >= 0.6 is 11.8 Å². The molecule has 0 saturated carbocycles. The maximum Gasteiger partial charge on any atom is 0.278 e. The van der Waals surface area contributed by atoms with E-state index >= 15 is 0 Å². The monoisotopic (exact) mass is 465 g/mol. The van der Waals surface area contributed by atoms with Crippen LogP contribution in [0.5, 0.6) is 0 Å². The first-order valence-electron chi connectivity index (χ1n) is 10.6. The van der Waals surface area contributed by atoms with Crippen LogP contribution in [0.1, 0.15) is 31.9 Å². The van der Waals surface area contributed by atoms with Gasteiger partial charge in [0, 0.05) is 17.2 Å². The molecule has 0 aliphatic rings. The van der Waals surface area contributed by atoms with Gasteiger partial charge < -0.3 is 10.6 Å². The van der Waals surface area contributed by atoms with Crippen LogP contribution in [-0.4, -0.2) is 32.2 Å². The van der Waals surface area contributed by atoms with Crippen LogP contribution in [0, 0.1) is 19.8 Å². The molecule has 3 N–H and O–H groups in total. The fourth-order valence-corrected chi connectivity index (χ4v) is 3.69. The Bertz CT molecular complexity index is 1240. The summed E-state index contributed by atoms with van der Waals surface area (Å²) in [5, 5.41) is 13.6. The minimum atomic E-state index is -0.515. The molecule has 0 aliphatic heterocycles. The molecule has 8 nitrogen and oxygen atoms in total. The smallest absolute Gasteiger partial charge is 0.278 e. The van der Waals surface area contributed by atoms with Gasteiger partial charge in [0.05, 0.1) is 10.9 Å². The Morgan fingerprint density at radius 3 is 2.33 bits per heavy atom. The molecule has 33 heavy (non-hydrogen) atoms. The lowest BCUT2D eigenvalue weighted by Gasteiger charge is -2.14. The van der Waals surface area contributed by atoms with Crippen LogP contribution in [-0.2, 0) is 9.59 Å². The standard InChI is InChI=1S/C24H27N5O3S/c1-13(2)21(30)25-18-9-7-6-8-17(18)20-23(32)27-24(29-28-20)33-16(5)22(31)26-19-12-14(3)10-11-15(19)4/h6-13,16H,1-5H3,(H,25,30)(H,26,31)(H,27,29,32)/t16-/m0/s1. The zero-order valence-electron chi connectivity index (χ0n) is 19.2. The number of aromatic nitrogens is 3. The van der Waals surface area contributed by atoms with E-state index in [1.54, 1.807) is 45.0 Å². The van der Waals surface area contributed by atoms with Gasteiger partial charge in [-0.3, -0.25) is 19.4 Å². The van der Waals surface area contributed by atoms with E-state index in [2.05, 4.69) is 25.8 Å². The maximum atomic E-state index is 12.8. The SMILES string of the molecule is Cc1ccc(C)c(NC(=O)[C@H](C)Sc2nnc(-c3ccccc3NC(=O)C(C)C)c(=O)[nH]2)c1. The van der Waals surface area contributed by atoms with E-state index in [0.717, 1.165) is 28.6 Å². The molecule has 2 aromatic carbocycles. The summed E-state index contributed by atoms with van der Waals surface area (Å²) in [6.45, 7) is 9.19. The van der Waals surface area contributed by atoms with Crippen LogP contribution < -0.4 is 16.2 Å². The Morgan fingerprint density at radius 1 is 0.939 bits per heavy atom. The van der Waals surface area contributed by atoms with Gasteiger partial charge in [0.1, 0.15) is 0 Å². The minimum Gasteiger partial charge on any atom is -0.325 e. The van der Waals surface area contributed by atoms with Crippen LogP contribution in [0.2, 0.25) is 0 Å². The van der Waals surface area contributed by atoms with E-state index in [1.165, 1.54) is 0 Å². The highest BCUT2D eigenvalue weighted by molar-refractivity contribution is 8.00. The maximum absolute atomic E-state index is 12.8. The molecule has 0 bridgehead atoms. The lowest BCUT2D eigenvalue weighted by molar-refractivity contribution is -0.119. The van der Waals surface area contributed by atoms with Crippen molar-refractivity contribution in [3.8, 4) is 11.3 Å². The number of para-hydroxylation sites is 1. The van der Waals surface area contributed by atoms with Gasteiger partial charge in [-0.25, -0.2) is 0 Å². The molecular weight excluding hydrogens is 438 g/mol. The fraction of sp³-hybridized carbons (Fsp3) is 0.292. The minimum absolute atomic E-state index is 0.0893. The second-order valence-corrected chi connectivity index (χ2v) is 9.39. The summed E-state index contributed by atoms with van der Waals surface area (Å²) in [6, 6.07) is 12.8. The molecule has 0 radical (unpaired) electrons. The van der Waals surface area contributed by atoms with Gasteiger partial charge in [-0.1, -0.05) is 55.9 Å². The van der Waals surface area contributed by atoms with E-state index < -0.39 is 10.8 Å². The Hall–Kier alpha value is -3.46. The molecule has 0 saturated heterocycles. The lowest BCUT2D eigenvalue weighted by atomic mass is 10.1. The number of anilines is 2. The van der Waals surface area contributed by atoms with Crippen molar-refractivity contribution >= 4 is 35.0 Å². The van der Waals surface area contributed by atoms with Gasteiger partial charge in [-0.05, 0) is 44.0 Å². The van der Waals surface area contributed by atoms with E-state index in [-0.39, 0.29) is 28.6 Å². The number of carbonyl (C=O) groups is 2. The molecule has 172 valence electrons. The second kappa shape index (κ2) is 10.4. The molecule has 0 unspecified atom stereocenters. The number of amides is 2. The summed E-state index contributed by atoms with van der Waals surface area (Å²) >= 11 is 1.11. The zero-order valence-corrected chi connectivity index (χ0v) is 20.0. The third kappa shape index (κ3) is 6.07. The summed E-state index contributed by atoms with van der Waals surface area (Å²) in [6.07, 6.45) is 0. The summed E-state index contributed by atoms with van der Waals surface area (Å²) < 4.78 is 0. The quantitative estimate of drug-likeness (QED) is 0.451. The first-order chi connectivity index (χ1) is 15.7. The van der Waals surface area contributed by atoms with Gasteiger partial charge in [0.25, 0.3) is 5.56 Å². The number of aryl methyl sites for hydroxylation is 2. The Balaban J connectivity index is 1.76. The molecule has 0 spiro atoms. The summed E-state index contributed by atoms with van der Waals surface area (Å²) in [5.74, 6) is -0.581. The molecule has 1 atom stereocenters. The Kier molecular flexibility index (Phi) is 7.65. The first kappa shape index (κ1) is 24.2. The number of rotatable bonds is 7. The molecule has 0 aliphatic carbocycles. The summed E-state index contributed by atoms with van der Waals surface area (Å²) in [7, 11) is 0. The Morgan fingerprint density at radius 2 is 1.64 bits per heavy atom. The number of carbonyl (C=O) groups excluding carboxylic acids is 2. The average molecular weight is 466 g/mol. The van der Waals surface area contributed by atoms with Crippen molar-refractivity contribution in [2.24, 2.45) is 5.92 Å². The number of aromatic amines is 1. The number of thioether (sulfide) groups is 1. The third-order valence-electron chi connectivity index (χ3n) is 4.95. The second-order valence-electron chi connectivity index (χ2n) is 8.07. The normalized spacial score (nSPS) is 11.8. The van der Waals surface area contributed by atoms with Gasteiger partial charge >= 0.3 is 0 Å². The molecule has 1 heterocycles. The van der Waals surface area contributed by atoms with Crippen LogP contribution in [0.4, 0.5) is 11.4 Å². The van der Waals surface area contributed by atoms with Gasteiger partial charge in [0.2, 0.25) is 11.8 Å². The molecule has 9 heteroatoms. The highest BCUT2D eigenvalue weighted by Crippen LogP contribution is 2.26. The first-order valence-corrected chi connectivity index (χ1v) is 11.5. The average Bonchev–Trinajstić information content (AvgIpc) is 2.77. The molecule has 1 aromatic heterocycles. The molecule has 2 amide bonds. The lowest BCUT2D eigenvalue weighted by Crippen LogP contribution is -2.24. The number of nitrogens with one attached hydrogen (secondary N) is 3. The van der Waals surface area contributed by atoms with Crippen LogP contribution in [0.15, 0.2) is 52.4 Å². The molecular formula is C24H27N5O3S. The van der Waals surface area contributed by atoms with Crippen molar-refractivity contribution in [1.82, 2.24) is 15.2 Å². The molecule has 3 aromatic rings. The fourth-order valence-electron chi connectivity index (χ4n) is 2.95. The van der Waals surface area contributed by atoms with E-state index in [0.29, 0.717) is 11.3 Å². The van der Waals surface area contributed by atoms with Crippen molar-refractivity contribution in [3.63, 3.8) is 0 Å². The Labute approximate surface area is 196 Å². The van der Waals surface area contributed by atoms with Gasteiger partial charge in [-0.2, -0.15) is 0 Å². The van der Waals surface area contributed by atoms with Crippen molar-refractivity contribution in [2.75, 3.05) is 10.6 Å². The summed E-state index contributed by atoms with van der Waals surface area (Å²) in [5.41, 5.74) is 3.35. The van der Waals surface area contributed by atoms with Crippen molar-refractivity contribution in [3.05, 3.63) is 63.9 Å². The number of benzene rings is 2. The summed E-state index contributed by atoms with van der Waals surface area (Å²) in [4.78, 5) is 40.2. The van der Waals surface area contributed by atoms with Crippen LogP contribution in [0.25, 0.3) is 11.3 Å². The highest BCUT2D eigenvalue weighted by Gasteiger charge is 2.19. The van der Waals surface area contributed by atoms with Gasteiger partial charge in [0.15, 0.2) is 10.9 Å². The van der Waals surface area contributed by atoms with Crippen molar-refractivity contribution in [2.45, 2.75) is 45.0 Å². The predicted molar refractivity (Wildman–Crippen MR) is 131 cm³/mol. The van der Waals surface area contributed by atoms with E-state index in [4.69, 9.17) is 0 Å². The van der Waals surface area contributed by atoms with E-state index in [9.17, 15) is 14.4 Å². The number of H-pyrrole nitrogens is 1. The van der Waals surface area contributed by atoms with Gasteiger partial charge in [-0.15, -0.1) is 10.2 Å². The molecule has 3 rings (SSSR count). The number of hydrogen-bond donors (Lipinski definition) is 3. The topological polar surface area (TPSA) is 117 Å². The highest BCUT2D eigenvalue weighted by atomic mass is 32.2. The van der Waals surface area contributed by atoms with E-state index in [1.807, 2.05) is 32.0 Å². The van der Waals surface area contributed by atoms with Crippen LogP contribution in [0.3, 0.4) is 0 Å². The van der Waals surface area contributed by atoms with Crippen molar-refractivity contribution < 1.29 is 9.59 Å². The number of nitrogens with zero attached hydrogens (tertiary/aromatic N) is 2. The predicted octanol–water partition coefficient (Wildman–Crippen LogP) is 4.16. The number of hydrogen-bond acceptors (Lipinski definition) is 6. The third-order valence-corrected chi connectivity index (χ3v) is 5.92. The van der Waals surface area contributed by atoms with Crippen molar-refractivity contribution in [1.29, 1.82) is 0 Å². The largest absolute Gasteiger partial charge is 0.325 e. The molecule has 0 fully saturated rings.